The van der Waals surface area contributed by atoms with Crippen LogP contribution in [0.2, 0.25) is 5.28 Å². The first-order valence-corrected chi connectivity index (χ1v) is 22.5. The quantitative estimate of drug-likeness (QED) is 0.0456. The molecular weight excluding hydrogens is 978 g/mol. The van der Waals surface area contributed by atoms with Gasteiger partial charge in [-0.3, -0.25) is 4.55 Å². The minimum absolute atomic E-state index is 0. The molecule has 0 spiro atoms. The van der Waals surface area contributed by atoms with Crippen LogP contribution in [0.4, 0.5) is 34.6 Å². The van der Waals surface area contributed by atoms with Gasteiger partial charge in [0, 0.05) is 11.1 Å². The molecule has 1 heterocycles. The van der Waals surface area contributed by atoms with E-state index in [4.69, 9.17) is 16.2 Å². The van der Waals surface area contributed by atoms with E-state index in [0.29, 0.717) is 23.8 Å². The molecule has 0 radical (unpaired) electrons. The van der Waals surface area contributed by atoms with Gasteiger partial charge < -0.3 is 29.4 Å². The number of rotatable bonds is 14. The van der Waals surface area contributed by atoms with Crippen molar-refractivity contribution in [1.29, 1.82) is 0 Å². The molecule has 0 fully saturated rings. The van der Waals surface area contributed by atoms with Gasteiger partial charge in [-0.05, 0) is 84.1 Å². The number of phenolic OH excluding ortho intramolecular Hbond substituents is 1. The van der Waals surface area contributed by atoms with Crippen molar-refractivity contribution in [3.05, 3.63) is 71.5 Å². The van der Waals surface area contributed by atoms with Crippen LogP contribution in [0.5, 0.6) is 5.75 Å². The second-order valence-corrected chi connectivity index (χ2v) is 18.9. The maximum atomic E-state index is 12.5. The fourth-order valence-electron chi connectivity index (χ4n) is 4.82. The van der Waals surface area contributed by atoms with E-state index in [-0.39, 0.29) is 135 Å². The molecule has 5 rings (SSSR count). The van der Waals surface area contributed by atoms with Crippen molar-refractivity contribution in [3.8, 4) is 5.75 Å². The number of aryl methyl sites for hydroxylation is 1. The van der Waals surface area contributed by atoms with Crippen molar-refractivity contribution in [3.63, 3.8) is 0 Å². The summed E-state index contributed by atoms with van der Waals surface area (Å²) in [7, 11) is -25.1. The molecule has 33 heteroatoms. The van der Waals surface area contributed by atoms with Crippen molar-refractivity contribution >= 4 is 108 Å². The number of hydrogen-bond acceptors (Lipinski definition) is 22. The predicted molar refractivity (Wildman–Crippen MR) is 192 cm³/mol. The number of fused-ring (bicyclic) bond motifs is 1. The fourth-order valence-corrected chi connectivity index (χ4v) is 8.35. The summed E-state index contributed by atoms with van der Waals surface area (Å²) in [5.41, 5.74) is -1.80. The third-order valence-corrected chi connectivity index (χ3v) is 12.1. The van der Waals surface area contributed by atoms with Crippen LogP contribution in [0.1, 0.15) is 5.56 Å². The van der Waals surface area contributed by atoms with Crippen molar-refractivity contribution in [2.75, 3.05) is 23.0 Å². The second-order valence-electron chi connectivity index (χ2n) is 11.3. The number of sulfone groups is 1. The van der Waals surface area contributed by atoms with Gasteiger partial charge in [0.25, 0.3) is 0 Å². The minimum Gasteiger partial charge on any atom is -0.744 e. The Bertz CT molecular complexity index is 3060. The Kier molecular flexibility index (Phi) is 21.4. The van der Waals surface area contributed by atoms with E-state index in [2.05, 4.69) is 40.0 Å². The molecule has 5 aromatic rings. The average molecular weight is 999 g/mol. The zero-order valence-electron chi connectivity index (χ0n) is 32.0. The third kappa shape index (κ3) is 15.6. The number of aromatic hydroxyl groups is 1. The summed E-state index contributed by atoms with van der Waals surface area (Å²) in [4.78, 5) is 8.29. The smallest absolute Gasteiger partial charge is 0.744 e. The Morgan fingerprint density at radius 2 is 1.28 bits per heavy atom. The molecule has 61 heavy (non-hydrogen) atoms. The number of aromatic nitrogens is 3. The second kappa shape index (κ2) is 22.5. The van der Waals surface area contributed by atoms with E-state index in [0.717, 1.165) is 24.3 Å². The molecule has 0 aliphatic heterocycles. The summed E-state index contributed by atoms with van der Waals surface area (Å²) in [6, 6.07) is 9.83. The number of nitrogens with one attached hydrogen (secondary N) is 2. The van der Waals surface area contributed by atoms with Crippen molar-refractivity contribution in [2.45, 2.75) is 26.5 Å². The van der Waals surface area contributed by atoms with E-state index >= 15 is 0 Å². The molecule has 0 saturated heterocycles. The van der Waals surface area contributed by atoms with Crippen LogP contribution in [0, 0.1) is 6.92 Å². The summed E-state index contributed by atoms with van der Waals surface area (Å²) in [5, 5.41) is 22.1. The number of azo groups is 1. The van der Waals surface area contributed by atoms with Crippen LogP contribution in [-0.4, -0.2) is 92.7 Å². The Morgan fingerprint density at radius 1 is 0.705 bits per heavy atom. The van der Waals surface area contributed by atoms with Crippen LogP contribution in [0.15, 0.2) is 90.5 Å². The SMILES string of the molecule is Cc1ccc(N=Nc2c(S(=O)(=O)[O-])cc3cc(S(=O)(=O)[O-])cc(Nc4nc(Cl)nc(Nc5ccc(S(=O)(=O)CCOS(=O)(=O)O)cc5)n4)c3c2O)c(S(=O)(=O)[O-])c1.[Na+].[Na+].[Na+].[Na+]. The Hall–Kier alpha value is -1.01. The topological polar surface area (TPSA) is 377 Å². The Labute approximate surface area is 441 Å². The number of phenols is 1. The predicted octanol–water partition coefficient (Wildman–Crippen LogP) is -9.08. The van der Waals surface area contributed by atoms with Crippen LogP contribution in [0.3, 0.4) is 0 Å². The van der Waals surface area contributed by atoms with Crippen molar-refractivity contribution in [1.82, 2.24) is 15.0 Å². The zero-order valence-corrected chi connectivity index (χ0v) is 44.8. The number of anilines is 4. The molecule has 0 bridgehead atoms. The molecule has 23 nitrogen and oxygen atoms in total. The van der Waals surface area contributed by atoms with Gasteiger partial charge in [0.05, 0.1) is 37.6 Å². The van der Waals surface area contributed by atoms with Crippen LogP contribution in [0.25, 0.3) is 10.8 Å². The zero-order chi connectivity index (χ0) is 42.3. The Morgan fingerprint density at radius 3 is 1.82 bits per heavy atom. The largest absolute Gasteiger partial charge is 1.00 e. The molecule has 1 aromatic heterocycles. The molecule has 4 aromatic carbocycles. The molecule has 0 saturated carbocycles. The maximum absolute atomic E-state index is 12.5. The van der Waals surface area contributed by atoms with Gasteiger partial charge in [0.1, 0.15) is 41.7 Å². The van der Waals surface area contributed by atoms with Gasteiger partial charge in [-0.2, -0.15) is 23.4 Å². The molecular formula is C28H21ClN7Na4O16S5+. The van der Waals surface area contributed by atoms with Gasteiger partial charge >= 0.3 is 129 Å². The number of nitrogens with zero attached hydrogens (tertiary/aromatic N) is 5. The van der Waals surface area contributed by atoms with Gasteiger partial charge in [-0.25, -0.2) is 37.9 Å². The fraction of sp³-hybridized carbons (Fsp3) is 0.107. The first kappa shape index (κ1) is 58.0. The van der Waals surface area contributed by atoms with Gasteiger partial charge in [-0.1, -0.05) is 6.07 Å². The summed E-state index contributed by atoms with van der Waals surface area (Å²) < 4.78 is 168. The van der Waals surface area contributed by atoms with Crippen LogP contribution < -0.4 is 129 Å². The van der Waals surface area contributed by atoms with E-state index < -0.39 is 122 Å². The van der Waals surface area contributed by atoms with Gasteiger partial charge in [0.2, 0.25) is 17.2 Å². The summed E-state index contributed by atoms with van der Waals surface area (Å²) in [6.07, 6.45) is 0. The van der Waals surface area contributed by atoms with Crippen molar-refractivity contribution in [2.24, 2.45) is 10.2 Å². The molecule has 0 unspecified atom stereocenters. The first-order valence-electron chi connectivity index (χ1n) is 14.9. The monoisotopic (exact) mass is 998 g/mol. The number of benzene rings is 4. The average Bonchev–Trinajstić information content (AvgIpc) is 3.06. The summed E-state index contributed by atoms with van der Waals surface area (Å²) >= 11 is 6.07. The molecule has 4 N–H and O–H groups in total. The summed E-state index contributed by atoms with van der Waals surface area (Å²) in [5.74, 6) is -2.86. The van der Waals surface area contributed by atoms with E-state index in [9.17, 15) is 60.9 Å². The third-order valence-electron chi connectivity index (χ3n) is 7.23. The van der Waals surface area contributed by atoms with Crippen LogP contribution >= 0.6 is 11.6 Å². The number of hydrogen-bond donors (Lipinski definition) is 4. The standard InChI is InChI=1S/C28H24ClN7O16S5.4Na/c1-14-2-7-19(21(10-14)55(43,44)45)35-36-24-22(56(46,47)48)12-15-11-18(54(40,41)42)13-20(23(15)25(24)37)31-28-33-26(29)32-27(34-28)30-16-3-5-17(6-4-16)53(38,39)9-8-52-57(49,50)51;;;;/h2-7,10-13,37H,8-9H2,1H3,(H,40,41,42)(H,43,44,45)(H,46,47,48)(H,49,50,51)(H2,30,31,32,33,34);;;;/q;4*+1/p-3. The molecule has 0 aliphatic rings. The Balaban J connectivity index is 0.00000465. The summed E-state index contributed by atoms with van der Waals surface area (Å²) in [6.45, 7) is 0.577. The molecule has 0 atom stereocenters. The van der Waals surface area contributed by atoms with E-state index in [1.165, 1.54) is 25.1 Å². The van der Waals surface area contributed by atoms with Crippen molar-refractivity contribution < 1.29 is 188 Å². The molecule has 0 amide bonds. The van der Waals surface area contributed by atoms with Gasteiger partial charge in [-0.15, -0.1) is 10.2 Å². The maximum Gasteiger partial charge on any atom is 1.00 e. The number of halogens is 1. The minimum atomic E-state index is -5.60. The van der Waals surface area contributed by atoms with E-state index in [1.54, 1.807) is 0 Å². The van der Waals surface area contributed by atoms with Gasteiger partial charge in [0.15, 0.2) is 15.6 Å². The first-order chi connectivity index (χ1) is 26.2. The van der Waals surface area contributed by atoms with Crippen LogP contribution in [-0.2, 0) is 54.8 Å². The molecule has 304 valence electrons. The normalized spacial score (nSPS) is 12.1. The van der Waals surface area contributed by atoms with E-state index in [1.807, 2.05) is 0 Å². The molecule has 0 aliphatic carbocycles.